The van der Waals surface area contributed by atoms with Gasteiger partial charge in [-0.3, -0.25) is 0 Å². The van der Waals surface area contributed by atoms with E-state index >= 15 is 0 Å². The average molecular weight is 631 g/mol. The van der Waals surface area contributed by atoms with Crippen LogP contribution < -0.4 is 15.1 Å². The van der Waals surface area contributed by atoms with Gasteiger partial charge in [0.2, 0.25) is 5.92 Å². The summed E-state index contributed by atoms with van der Waals surface area (Å²) in [7, 11) is 0.664. The van der Waals surface area contributed by atoms with Crippen LogP contribution in [0.2, 0.25) is 12.6 Å². The van der Waals surface area contributed by atoms with E-state index in [4.69, 9.17) is 18.0 Å². The van der Waals surface area contributed by atoms with Crippen molar-refractivity contribution in [3.05, 3.63) is 58.4 Å². The van der Waals surface area contributed by atoms with E-state index in [1.807, 2.05) is 13.5 Å². The minimum Gasteiger partial charge on any atom is -0.493 e. The molecule has 3 aromatic rings. The molecule has 0 bridgehead atoms. The number of fused-ring (bicyclic) bond motifs is 1. The van der Waals surface area contributed by atoms with E-state index in [-0.39, 0.29) is 49.0 Å². The number of aryl methyl sites for hydroxylation is 1. The van der Waals surface area contributed by atoms with Crippen molar-refractivity contribution < 1.29 is 44.7 Å². The number of rotatable bonds is 17. The zero-order valence-electron chi connectivity index (χ0n) is 25.0. The van der Waals surface area contributed by atoms with E-state index < -0.39 is 32.2 Å². The minimum atomic E-state index is -4.94. The highest BCUT2D eigenvalue weighted by molar-refractivity contribution is 6.65. The summed E-state index contributed by atoms with van der Waals surface area (Å²) in [6.45, 7) is 3.88. The standard InChI is InChI=1S/C31H39F5O6Si/c1-5-6-7-10-22-11-14-25(28(19-22)42-31(34,35)36)26-20-23-12-13-24(21-27(23)41-29(26)37)40-17-8-15-30(32,33)16-9-18-43(4,38-2)39-3/h11-14,19-21H,5-10,15-18H2,1-4H3. The average Bonchev–Trinajstić information content (AvgIpc) is 2.94. The van der Waals surface area contributed by atoms with Gasteiger partial charge in [0.05, 0.1) is 12.2 Å². The molecule has 0 aliphatic heterocycles. The second-order valence-electron chi connectivity index (χ2n) is 10.7. The molecule has 0 saturated carbocycles. The maximum absolute atomic E-state index is 14.3. The molecule has 0 aliphatic rings. The Bertz CT molecular complexity index is 1390. The van der Waals surface area contributed by atoms with Crippen LogP contribution >= 0.6 is 0 Å². The van der Waals surface area contributed by atoms with Crippen molar-refractivity contribution in [3.63, 3.8) is 0 Å². The van der Waals surface area contributed by atoms with Crippen molar-refractivity contribution >= 4 is 19.5 Å². The van der Waals surface area contributed by atoms with Gasteiger partial charge in [-0.2, -0.15) is 0 Å². The van der Waals surface area contributed by atoms with E-state index in [0.29, 0.717) is 29.2 Å². The van der Waals surface area contributed by atoms with Gasteiger partial charge in [0.1, 0.15) is 17.1 Å². The van der Waals surface area contributed by atoms with Gasteiger partial charge in [0, 0.05) is 44.1 Å². The molecule has 0 aliphatic carbocycles. The van der Waals surface area contributed by atoms with Gasteiger partial charge in [-0.1, -0.05) is 31.9 Å². The van der Waals surface area contributed by atoms with Crippen LogP contribution in [0.25, 0.3) is 22.1 Å². The number of hydrogen-bond acceptors (Lipinski definition) is 6. The zero-order valence-corrected chi connectivity index (χ0v) is 26.0. The van der Waals surface area contributed by atoms with Gasteiger partial charge >= 0.3 is 20.5 Å². The second-order valence-corrected chi connectivity index (χ2v) is 14.3. The van der Waals surface area contributed by atoms with Gasteiger partial charge in [-0.05, 0) is 68.1 Å². The van der Waals surface area contributed by atoms with Crippen LogP contribution in [0.15, 0.2) is 51.7 Å². The number of unbranched alkanes of at least 4 members (excludes halogenated alkanes) is 2. The molecule has 2 aromatic carbocycles. The second kappa shape index (κ2) is 15.2. The molecule has 1 heterocycles. The summed E-state index contributed by atoms with van der Waals surface area (Å²) >= 11 is 0. The Balaban J connectivity index is 1.68. The summed E-state index contributed by atoms with van der Waals surface area (Å²) < 4.78 is 94.3. The van der Waals surface area contributed by atoms with Crippen LogP contribution in [0.4, 0.5) is 22.0 Å². The molecule has 0 atom stereocenters. The lowest BCUT2D eigenvalue weighted by Gasteiger charge is -2.24. The summed E-state index contributed by atoms with van der Waals surface area (Å²) in [5, 5.41) is 0.445. The van der Waals surface area contributed by atoms with Crippen LogP contribution in [0.3, 0.4) is 0 Å². The summed E-state index contributed by atoms with van der Waals surface area (Å²) in [6.07, 6.45) is -1.87. The van der Waals surface area contributed by atoms with Crippen molar-refractivity contribution in [2.24, 2.45) is 0 Å². The van der Waals surface area contributed by atoms with Crippen molar-refractivity contribution in [2.45, 2.75) is 83.2 Å². The molecular weight excluding hydrogens is 591 g/mol. The molecule has 0 N–H and O–H groups in total. The molecular formula is C31H39F5O6Si. The summed E-state index contributed by atoms with van der Waals surface area (Å²) in [4.78, 5) is 12.9. The van der Waals surface area contributed by atoms with E-state index in [9.17, 15) is 26.7 Å². The Morgan fingerprint density at radius 1 is 0.860 bits per heavy atom. The van der Waals surface area contributed by atoms with Crippen LogP contribution in [0.1, 0.15) is 57.4 Å². The van der Waals surface area contributed by atoms with E-state index in [1.165, 1.54) is 38.5 Å². The Labute approximate surface area is 249 Å². The van der Waals surface area contributed by atoms with Crippen LogP contribution in [0.5, 0.6) is 11.5 Å². The molecule has 0 saturated heterocycles. The predicted molar refractivity (Wildman–Crippen MR) is 157 cm³/mol. The Morgan fingerprint density at radius 3 is 2.26 bits per heavy atom. The quantitative estimate of drug-likeness (QED) is 0.0642. The fourth-order valence-corrected chi connectivity index (χ4v) is 6.10. The maximum Gasteiger partial charge on any atom is 0.573 e. The molecule has 0 unspecified atom stereocenters. The summed E-state index contributed by atoms with van der Waals surface area (Å²) in [5.74, 6) is -3.01. The Morgan fingerprint density at radius 2 is 1.58 bits per heavy atom. The molecule has 3 rings (SSSR count). The van der Waals surface area contributed by atoms with E-state index in [2.05, 4.69) is 4.74 Å². The monoisotopic (exact) mass is 630 g/mol. The third kappa shape index (κ3) is 10.6. The number of alkyl halides is 5. The third-order valence-electron chi connectivity index (χ3n) is 7.33. The lowest BCUT2D eigenvalue weighted by molar-refractivity contribution is -0.274. The zero-order chi connectivity index (χ0) is 31.7. The van der Waals surface area contributed by atoms with Crippen LogP contribution in [-0.4, -0.2) is 41.7 Å². The SMILES string of the molecule is CCCCCc1ccc(-c2cc3ccc(OCCCC(F)(F)CCC[Si](C)(OC)OC)cc3oc2=O)c(OC(F)(F)F)c1. The van der Waals surface area contributed by atoms with Gasteiger partial charge in [-0.25, -0.2) is 13.6 Å². The number of halogens is 5. The smallest absolute Gasteiger partial charge is 0.493 e. The largest absolute Gasteiger partial charge is 0.573 e. The first-order valence-corrected chi connectivity index (χ1v) is 16.9. The van der Waals surface area contributed by atoms with Gasteiger partial charge in [0.15, 0.2) is 0 Å². The van der Waals surface area contributed by atoms with E-state index in [1.54, 1.807) is 18.2 Å². The highest BCUT2D eigenvalue weighted by Crippen LogP contribution is 2.35. The fraction of sp³-hybridized carbons (Fsp3) is 0.516. The highest BCUT2D eigenvalue weighted by atomic mass is 28.4. The molecule has 0 spiro atoms. The van der Waals surface area contributed by atoms with Gasteiger partial charge in [0.25, 0.3) is 0 Å². The first kappa shape index (κ1) is 34.5. The van der Waals surface area contributed by atoms with Crippen LogP contribution in [0, 0.1) is 0 Å². The van der Waals surface area contributed by atoms with Crippen LogP contribution in [-0.2, 0) is 15.3 Å². The van der Waals surface area contributed by atoms with Crippen molar-refractivity contribution in [2.75, 3.05) is 20.8 Å². The number of benzene rings is 2. The first-order valence-electron chi connectivity index (χ1n) is 14.4. The van der Waals surface area contributed by atoms with Crippen molar-refractivity contribution in [1.82, 2.24) is 0 Å². The highest BCUT2D eigenvalue weighted by Gasteiger charge is 2.34. The summed E-state index contributed by atoms with van der Waals surface area (Å²) in [5.41, 5.74) is -0.152. The lowest BCUT2D eigenvalue weighted by atomic mass is 10.00. The number of ether oxygens (including phenoxy) is 2. The molecule has 43 heavy (non-hydrogen) atoms. The fourth-order valence-electron chi connectivity index (χ4n) is 4.70. The Hall–Kier alpha value is -2.96. The third-order valence-corrected chi connectivity index (χ3v) is 10.3. The molecule has 0 fully saturated rings. The Kier molecular flexibility index (Phi) is 12.2. The van der Waals surface area contributed by atoms with E-state index in [0.717, 1.165) is 19.3 Å². The van der Waals surface area contributed by atoms with Gasteiger partial charge in [-0.15, -0.1) is 13.2 Å². The minimum absolute atomic E-state index is 0.0226. The van der Waals surface area contributed by atoms with Gasteiger partial charge < -0.3 is 22.7 Å². The molecule has 0 amide bonds. The summed E-state index contributed by atoms with van der Waals surface area (Å²) in [6, 6.07) is 10.9. The molecule has 1 aromatic heterocycles. The molecule has 238 valence electrons. The lowest BCUT2D eigenvalue weighted by Crippen LogP contribution is -2.36. The normalized spacial score (nSPS) is 12.6. The topological polar surface area (TPSA) is 67.1 Å². The predicted octanol–water partition coefficient (Wildman–Crippen LogP) is 9.03. The number of hydrogen-bond donors (Lipinski definition) is 0. The van der Waals surface area contributed by atoms with Crippen molar-refractivity contribution in [3.8, 4) is 22.6 Å². The van der Waals surface area contributed by atoms with Crippen molar-refractivity contribution in [1.29, 1.82) is 0 Å². The molecule has 0 radical (unpaired) electrons. The molecule has 6 nitrogen and oxygen atoms in total. The maximum atomic E-state index is 14.3. The first-order chi connectivity index (χ1) is 20.3. The molecule has 12 heteroatoms.